The third-order valence-electron chi connectivity index (χ3n) is 2.33. The first-order valence-electron chi connectivity index (χ1n) is 5.07. The highest BCUT2D eigenvalue weighted by Gasteiger charge is 2.09. The summed E-state index contributed by atoms with van der Waals surface area (Å²) in [6, 6.07) is 11.3. The van der Waals surface area contributed by atoms with Gasteiger partial charge in [0.25, 0.3) is 0 Å². The molecule has 0 bridgehead atoms. The maximum atomic E-state index is 12.0. The second-order valence-electron chi connectivity index (χ2n) is 3.50. The van der Waals surface area contributed by atoms with Gasteiger partial charge in [-0.05, 0) is 29.8 Å². The maximum absolute atomic E-state index is 12.0. The Morgan fingerprint density at radius 2 is 1.44 bits per heavy atom. The van der Waals surface area contributed by atoms with Crippen molar-refractivity contribution >= 4 is 23.2 Å². The lowest BCUT2D eigenvalue weighted by Gasteiger charge is -2.08. The van der Waals surface area contributed by atoms with Crippen molar-refractivity contribution in [3.05, 3.63) is 52.5 Å². The predicted molar refractivity (Wildman–Crippen MR) is 68.5 cm³/mol. The Morgan fingerprint density at radius 1 is 0.889 bits per heavy atom. The van der Waals surface area contributed by atoms with Gasteiger partial charge >= 0.3 is 6.61 Å². The van der Waals surface area contributed by atoms with E-state index >= 15 is 0 Å². The van der Waals surface area contributed by atoms with Gasteiger partial charge in [0.15, 0.2) is 0 Å². The summed E-state index contributed by atoms with van der Waals surface area (Å²) in [4.78, 5) is 0. The first-order valence-corrected chi connectivity index (χ1v) is 5.83. The summed E-state index contributed by atoms with van der Waals surface area (Å²) < 4.78 is 28.3. The number of halogens is 4. The van der Waals surface area contributed by atoms with Crippen molar-refractivity contribution in [2.45, 2.75) is 6.61 Å². The van der Waals surface area contributed by atoms with Crippen molar-refractivity contribution in [1.82, 2.24) is 0 Å². The van der Waals surface area contributed by atoms with E-state index in [1.54, 1.807) is 30.3 Å². The third-order valence-corrected chi connectivity index (χ3v) is 2.96. The quantitative estimate of drug-likeness (QED) is 0.748. The fourth-order valence-corrected chi connectivity index (χ4v) is 2.19. The molecule has 0 heterocycles. The monoisotopic (exact) mass is 288 g/mol. The molecule has 0 aliphatic heterocycles. The Labute approximate surface area is 113 Å². The molecular weight excluding hydrogens is 281 g/mol. The Kier molecular flexibility index (Phi) is 4.04. The minimum atomic E-state index is -2.83. The predicted octanol–water partition coefficient (Wildman–Crippen LogP) is 5.26. The van der Waals surface area contributed by atoms with Crippen molar-refractivity contribution < 1.29 is 13.5 Å². The minimum absolute atomic E-state index is 0.0944. The lowest BCUT2D eigenvalue weighted by atomic mass is 10.1. The summed E-state index contributed by atoms with van der Waals surface area (Å²) >= 11 is 12.1. The molecule has 0 unspecified atom stereocenters. The molecule has 1 nitrogen and oxygen atoms in total. The van der Waals surface area contributed by atoms with Crippen LogP contribution in [0.2, 0.25) is 10.0 Å². The number of hydrogen-bond donors (Lipinski definition) is 0. The van der Waals surface area contributed by atoms with Crippen LogP contribution < -0.4 is 4.74 Å². The van der Waals surface area contributed by atoms with Crippen LogP contribution in [0, 0.1) is 0 Å². The molecule has 2 aromatic rings. The van der Waals surface area contributed by atoms with E-state index in [9.17, 15) is 8.78 Å². The fraction of sp³-hybridized carbons (Fsp3) is 0.0769. The van der Waals surface area contributed by atoms with Gasteiger partial charge in [0, 0.05) is 15.6 Å². The van der Waals surface area contributed by atoms with Crippen molar-refractivity contribution in [2.75, 3.05) is 0 Å². The summed E-state index contributed by atoms with van der Waals surface area (Å²) in [5.41, 5.74) is 1.41. The molecule has 0 N–H and O–H groups in total. The molecule has 5 heteroatoms. The van der Waals surface area contributed by atoms with Gasteiger partial charge in [0.2, 0.25) is 0 Å². The molecule has 94 valence electrons. The number of alkyl halides is 2. The lowest BCUT2D eigenvalue weighted by molar-refractivity contribution is -0.0498. The Morgan fingerprint density at radius 3 is 1.94 bits per heavy atom. The molecule has 0 saturated carbocycles. The highest BCUT2D eigenvalue weighted by atomic mass is 35.5. The van der Waals surface area contributed by atoms with Crippen molar-refractivity contribution in [1.29, 1.82) is 0 Å². The van der Waals surface area contributed by atoms with Gasteiger partial charge in [-0.25, -0.2) is 0 Å². The molecule has 2 aromatic carbocycles. The van der Waals surface area contributed by atoms with E-state index < -0.39 is 6.61 Å². The SMILES string of the molecule is FC(F)Oc1ccc(-c2c(Cl)cccc2Cl)cc1. The van der Waals surface area contributed by atoms with Gasteiger partial charge in [0.05, 0.1) is 0 Å². The molecule has 0 atom stereocenters. The maximum Gasteiger partial charge on any atom is 0.387 e. The third kappa shape index (κ3) is 2.92. The Balaban J connectivity index is 2.35. The van der Waals surface area contributed by atoms with Crippen LogP contribution in [0.15, 0.2) is 42.5 Å². The molecule has 0 aliphatic carbocycles. The summed E-state index contributed by atoms with van der Waals surface area (Å²) in [7, 11) is 0. The van der Waals surface area contributed by atoms with E-state index in [0.29, 0.717) is 15.6 Å². The number of ether oxygens (including phenoxy) is 1. The number of benzene rings is 2. The normalized spacial score (nSPS) is 10.7. The van der Waals surface area contributed by atoms with Crippen molar-refractivity contribution in [3.63, 3.8) is 0 Å². The van der Waals surface area contributed by atoms with Crippen LogP contribution in [-0.4, -0.2) is 6.61 Å². The van der Waals surface area contributed by atoms with Crippen LogP contribution in [0.5, 0.6) is 5.75 Å². The van der Waals surface area contributed by atoms with Crippen LogP contribution in [-0.2, 0) is 0 Å². The van der Waals surface area contributed by atoms with Gasteiger partial charge < -0.3 is 4.74 Å². The van der Waals surface area contributed by atoms with E-state index in [0.717, 1.165) is 5.56 Å². The lowest BCUT2D eigenvalue weighted by Crippen LogP contribution is -2.01. The van der Waals surface area contributed by atoms with E-state index in [2.05, 4.69) is 4.74 Å². The first-order chi connectivity index (χ1) is 8.58. The van der Waals surface area contributed by atoms with Crippen LogP contribution in [0.1, 0.15) is 0 Å². The highest BCUT2D eigenvalue weighted by molar-refractivity contribution is 6.39. The van der Waals surface area contributed by atoms with Crippen LogP contribution in [0.25, 0.3) is 11.1 Å². The average molecular weight is 289 g/mol. The van der Waals surface area contributed by atoms with Crippen LogP contribution in [0.3, 0.4) is 0 Å². The van der Waals surface area contributed by atoms with Gasteiger partial charge in [0.1, 0.15) is 5.75 Å². The minimum Gasteiger partial charge on any atom is -0.435 e. The van der Waals surface area contributed by atoms with Crippen LogP contribution >= 0.6 is 23.2 Å². The van der Waals surface area contributed by atoms with E-state index in [4.69, 9.17) is 23.2 Å². The molecule has 18 heavy (non-hydrogen) atoms. The molecule has 0 amide bonds. The standard InChI is InChI=1S/C13H8Cl2F2O/c14-10-2-1-3-11(15)12(10)8-4-6-9(7-5-8)18-13(16)17/h1-7,13H. The topological polar surface area (TPSA) is 9.23 Å². The second kappa shape index (κ2) is 5.55. The Hall–Kier alpha value is -1.32. The Bertz CT molecular complexity index is 521. The molecule has 0 spiro atoms. The van der Waals surface area contributed by atoms with E-state index in [-0.39, 0.29) is 5.75 Å². The van der Waals surface area contributed by atoms with Crippen molar-refractivity contribution in [2.24, 2.45) is 0 Å². The molecule has 0 aliphatic rings. The first kappa shape index (κ1) is 13.1. The molecule has 0 saturated heterocycles. The molecule has 2 rings (SSSR count). The van der Waals surface area contributed by atoms with Crippen LogP contribution in [0.4, 0.5) is 8.78 Å². The summed E-state index contributed by atoms with van der Waals surface area (Å²) in [5, 5.41) is 1.01. The smallest absolute Gasteiger partial charge is 0.387 e. The zero-order valence-electron chi connectivity index (χ0n) is 9.04. The fourth-order valence-electron chi connectivity index (χ4n) is 1.58. The van der Waals surface area contributed by atoms with Gasteiger partial charge in [-0.3, -0.25) is 0 Å². The summed E-state index contributed by atoms with van der Waals surface area (Å²) in [6.07, 6.45) is 0. The second-order valence-corrected chi connectivity index (χ2v) is 4.31. The van der Waals surface area contributed by atoms with Crippen molar-refractivity contribution in [3.8, 4) is 16.9 Å². The average Bonchev–Trinajstić information content (AvgIpc) is 2.30. The van der Waals surface area contributed by atoms with E-state index in [1.165, 1.54) is 12.1 Å². The largest absolute Gasteiger partial charge is 0.435 e. The zero-order chi connectivity index (χ0) is 13.1. The van der Waals surface area contributed by atoms with Gasteiger partial charge in [-0.2, -0.15) is 8.78 Å². The van der Waals surface area contributed by atoms with Gasteiger partial charge in [-0.1, -0.05) is 41.4 Å². The van der Waals surface area contributed by atoms with Gasteiger partial charge in [-0.15, -0.1) is 0 Å². The highest BCUT2D eigenvalue weighted by Crippen LogP contribution is 2.35. The number of hydrogen-bond acceptors (Lipinski definition) is 1. The summed E-state index contributed by atoms with van der Waals surface area (Å²) in [6.45, 7) is -2.83. The summed E-state index contributed by atoms with van der Waals surface area (Å²) in [5.74, 6) is 0.0944. The molecule has 0 aromatic heterocycles. The molecule has 0 radical (unpaired) electrons. The molecular formula is C13H8Cl2F2O. The molecule has 0 fully saturated rings. The number of rotatable bonds is 3. The van der Waals surface area contributed by atoms with E-state index in [1.807, 2.05) is 0 Å². The zero-order valence-corrected chi connectivity index (χ0v) is 10.6.